The lowest BCUT2D eigenvalue weighted by molar-refractivity contribution is -0.141. The number of hydrogen-bond donors (Lipinski definition) is 2. The van der Waals surface area contributed by atoms with Gasteiger partial charge < -0.3 is 15.3 Å². The summed E-state index contributed by atoms with van der Waals surface area (Å²) in [5.41, 5.74) is 1.64. The van der Waals surface area contributed by atoms with Gasteiger partial charge in [0.1, 0.15) is 5.01 Å². The van der Waals surface area contributed by atoms with Crippen LogP contribution in [-0.4, -0.2) is 40.6 Å². The third kappa shape index (κ3) is 4.05. The summed E-state index contributed by atoms with van der Waals surface area (Å²) in [7, 11) is 1.57. The van der Waals surface area contributed by atoms with Gasteiger partial charge in [-0.3, -0.25) is 4.79 Å². The first-order valence-corrected chi connectivity index (χ1v) is 7.60. The van der Waals surface area contributed by atoms with Crippen LogP contribution < -0.4 is 5.32 Å². The highest BCUT2D eigenvalue weighted by molar-refractivity contribution is 7.13. The average Bonchev–Trinajstić information content (AvgIpc) is 3.02. The molecule has 1 unspecified atom stereocenters. The molecule has 0 spiro atoms. The van der Waals surface area contributed by atoms with Gasteiger partial charge in [0.15, 0.2) is 0 Å². The molecule has 0 radical (unpaired) electrons. The summed E-state index contributed by atoms with van der Waals surface area (Å²) >= 11 is 1.55. The molecule has 1 aromatic carbocycles. The molecule has 0 aliphatic heterocycles. The zero-order chi connectivity index (χ0) is 16.1. The maximum atomic E-state index is 12.0. The molecule has 1 aromatic heterocycles. The maximum Gasteiger partial charge on any atom is 0.321 e. The molecule has 0 aliphatic carbocycles. The molecule has 0 bridgehead atoms. The first-order chi connectivity index (χ1) is 10.5. The second-order valence-corrected chi connectivity index (χ2v) is 5.86. The summed E-state index contributed by atoms with van der Waals surface area (Å²) in [5.74, 6) is -1.53. The minimum absolute atomic E-state index is 0.151. The number of carbonyl (C=O) groups is 2. The Hall–Kier alpha value is -2.41. The van der Waals surface area contributed by atoms with E-state index in [1.807, 2.05) is 17.5 Å². The first-order valence-electron chi connectivity index (χ1n) is 6.72. The fourth-order valence-corrected chi connectivity index (χ4v) is 2.50. The van der Waals surface area contributed by atoms with Crippen molar-refractivity contribution in [2.75, 3.05) is 18.9 Å². The fourth-order valence-electron chi connectivity index (χ4n) is 1.85. The van der Waals surface area contributed by atoms with Gasteiger partial charge in [-0.15, -0.1) is 11.3 Å². The molecule has 1 heterocycles. The molecular weight excluding hydrogens is 302 g/mol. The molecule has 2 rings (SSSR count). The predicted molar refractivity (Wildman–Crippen MR) is 86.0 cm³/mol. The van der Waals surface area contributed by atoms with E-state index in [0.29, 0.717) is 5.69 Å². The van der Waals surface area contributed by atoms with Gasteiger partial charge in [-0.25, -0.2) is 9.78 Å². The summed E-state index contributed by atoms with van der Waals surface area (Å²) in [5, 5.41) is 14.4. The Morgan fingerprint density at radius 2 is 2.05 bits per heavy atom. The molecule has 116 valence electrons. The highest BCUT2D eigenvalue weighted by Crippen LogP contribution is 2.23. The molecule has 6 nitrogen and oxygen atoms in total. The number of carbonyl (C=O) groups excluding carboxylic acids is 1. The van der Waals surface area contributed by atoms with Crippen molar-refractivity contribution >= 4 is 29.0 Å². The van der Waals surface area contributed by atoms with Crippen LogP contribution in [-0.2, 0) is 4.79 Å². The van der Waals surface area contributed by atoms with Crippen LogP contribution in [0.15, 0.2) is 35.8 Å². The Kier molecular flexibility index (Phi) is 5.11. The minimum atomic E-state index is -0.924. The number of benzene rings is 1. The van der Waals surface area contributed by atoms with Crippen LogP contribution in [0.2, 0.25) is 0 Å². The molecule has 0 aliphatic rings. The highest BCUT2D eigenvalue weighted by atomic mass is 32.1. The smallest absolute Gasteiger partial charge is 0.321 e. The molecule has 2 amide bonds. The van der Waals surface area contributed by atoms with E-state index >= 15 is 0 Å². The van der Waals surface area contributed by atoms with Crippen LogP contribution in [0.25, 0.3) is 10.6 Å². The van der Waals surface area contributed by atoms with Crippen molar-refractivity contribution in [2.45, 2.75) is 6.92 Å². The van der Waals surface area contributed by atoms with Gasteiger partial charge in [0, 0.05) is 36.4 Å². The van der Waals surface area contributed by atoms with Crippen LogP contribution in [0.5, 0.6) is 0 Å². The van der Waals surface area contributed by atoms with Crippen molar-refractivity contribution < 1.29 is 14.7 Å². The molecule has 22 heavy (non-hydrogen) atoms. The molecular formula is C15H17N3O3S. The quantitative estimate of drug-likeness (QED) is 0.887. The standard InChI is InChI=1S/C15H17N3O3S/c1-10(14(19)20)9-18(2)15(21)17-12-5-3-11(4-6-12)13-16-7-8-22-13/h3-8,10H,9H2,1-2H3,(H,17,21)(H,19,20). The number of aromatic nitrogens is 1. The van der Waals surface area contributed by atoms with Gasteiger partial charge >= 0.3 is 12.0 Å². The van der Waals surface area contributed by atoms with Gasteiger partial charge in [-0.1, -0.05) is 6.92 Å². The molecule has 2 N–H and O–H groups in total. The van der Waals surface area contributed by atoms with Gasteiger partial charge in [-0.05, 0) is 24.3 Å². The minimum Gasteiger partial charge on any atom is -0.481 e. The van der Waals surface area contributed by atoms with Crippen LogP contribution >= 0.6 is 11.3 Å². The molecule has 2 aromatic rings. The van der Waals surface area contributed by atoms with Crippen molar-refractivity contribution in [1.82, 2.24) is 9.88 Å². The lowest BCUT2D eigenvalue weighted by atomic mass is 10.2. The van der Waals surface area contributed by atoms with Crippen LogP contribution in [0.3, 0.4) is 0 Å². The van der Waals surface area contributed by atoms with E-state index in [9.17, 15) is 9.59 Å². The number of nitrogens with one attached hydrogen (secondary N) is 1. The third-order valence-corrected chi connectivity index (χ3v) is 3.95. The Bertz CT molecular complexity index is 641. The van der Waals surface area contributed by atoms with Crippen molar-refractivity contribution in [1.29, 1.82) is 0 Å². The van der Waals surface area contributed by atoms with Crippen molar-refractivity contribution in [3.05, 3.63) is 35.8 Å². The largest absolute Gasteiger partial charge is 0.481 e. The number of anilines is 1. The van der Waals surface area contributed by atoms with Gasteiger partial charge in [0.2, 0.25) is 0 Å². The fraction of sp³-hybridized carbons (Fsp3) is 0.267. The number of carboxylic acid groups (broad SMARTS) is 1. The average molecular weight is 319 g/mol. The first kappa shape index (κ1) is 16.0. The lowest BCUT2D eigenvalue weighted by Gasteiger charge is -2.20. The summed E-state index contributed by atoms with van der Waals surface area (Å²) in [6, 6.07) is 7.02. The molecule has 0 saturated heterocycles. The van der Waals surface area contributed by atoms with Gasteiger partial charge in [0.25, 0.3) is 0 Å². The predicted octanol–water partition coefficient (Wildman–Crippen LogP) is 2.99. The van der Waals surface area contributed by atoms with E-state index in [2.05, 4.69) is 10.3 Å². The molecule has 1 atom stereocenters. The van der Waals surface area contributed by atoms with Crippen LogP contribution in [0, 0.1) is 5.92 Å². The Labute approximate surface area is 132 Å². The normalized spacial score (nSPS) is 11.7. The second-order valence-electron chi connectivity index (χ2n) is 4.96. The Morgan fingerprint density at radius 3 is 2.59 bits per heavy atom. The Balaban J connectivity index is 1.95. The number of thiazole rings is 1. The zero-order valence-corrected chi connectivity index (χ0v) is 13.1. The van der Waals surface area contributed by atoms with E-state index in [0.717, 1.165) is 10.6 Å². The number of rotatable bonds is 5. The number of amides is 2. The summed E-state index contributed by atoms with van der Waals surface area (Å²) < 4.78 is 0. The lowest BCUT2D eigenvalue weighted by Crippen LogP contribution is -2.36. The number of carboxylic acids is 1. The van der Waals surface area contributed by atoms with Gasteiger partial charge in [0.05, 0.1) is 5.92 Å². The monoisotopic (exact) mass is 319 g/mol. The number of nitrogens with zero attached hydrogens (tertiary/aromatic N) is 2. The zero-order valence-electron chi connectivity index (χ0n) is 12.3. The topological polar surface area (TPSA) is 82.5 Å². The number of hydrogen-bond acceptors (Lipinski definition) is 4. The maximum absolute atomic E-state index is 12.0. The number of aliphatic carboxylic acids is 1. The van der Waals surface area contributed by atoms with E-state index in [4.69, 9.17) is 5.11 Å². The summed E-state index contributed by atoms with van der Waals surface area (Å²) in [6.07, 6.45) is 1.74. The van der Waals surface area contributed by atoms with Gasteiger partial charge in [-0.2, -0.15) is 0 Å². The van der Waals surface area contributed by atoms with Crippen molar-refractivity contribution in [2.24, 2.45) is 5.92 Å². The number of urea groups is 1. The van der Waals surface area contributed by atoms with E-state index in [1.54, 1.807) is 43.6 Å². The second kappa shape index (κ2) is 7.04. The molecule has 0 saturated carbocycles. The van der Waals surface area contributed by atoms with E-state index in [-0.39, 0.29) is 12.6 Å². The SMILES string of the molecule is CC(CN(C)C(=O)Nc1ccc(-c2nccs2)cc1)C(=O)O. The molecule has 7 heteroatoms. The van der Waals surface area contributed by atoms with Crippen molar-refractivity contribution in [3.8, 4) is 10.6 Å². The third-order valence-electron chi connectivity index (χ3n) is 3.13. The summed E-state index contributed by atoms with van der Waals surface area (Å²) in [6.45, 7) is 1.72. The van der Waals surface area contributed by atoms with Crippen LogP contribution in [0.4, 0.5) is 10.5 Å². The summed E-state index contributed by atoms with van der Waals surface area (Å²) in [4.78, 5) is 28.4. The Morgan fingerprint density at radius 1 is 1.36 bits per heavy atom. The molecule has 0 fully saturated rings. The van der Waals surface area contributed by atoms with Crippen LogP contribution in [0.1, 0.15) is 6.92 Å². The highest BCUT2D eigenvalue weighted by Gasteiger charge is 2.17. The van der Waals surface area contributed by atoms with E-state index in [1.165, 1.54) is 4.90 Å². The van der Waals surface area contributed by atoms with E-state index < -0.39 is 11.9 Å². The van der Waals surface area contributed by atoms with Crippen molar-refractivity contribution in [3.63, 3.8) is 0 Å².